The number of carbonyl (C=O) groups excluding carboxylic acids is 1. The van der Waals surface area contributed by atoms with Crippen LogP contribution in [0, 0.1) is 0 Å². The number of anilines is 4. The lowest BCUT2D eigenvalue weighted by atomic mass is 10.2. The highest BCUT2D eigenvalue weighted by Crippen LogP contribution is 2.35. The quantitative estimate of drug-likeness (QED) is 0.274. The molecule has 0 aliphatic carbocycles. The van der Waals surface area contributed by atoms with Gasteiger partial charge in [-0.1, -0.05) is 23.5 Å². The normalized spacial score (nSPS) is 10.5. The van der Waals surface area contributed by atoms with Crippen LogP contribution in [0.15, 0.2) is 61.3 Å². The van der Waals surface area contributed by atoms with Crippen molar-refractivity contribution < 1.29 is 14.3 Å². The molecule has 0 radical (unpaired) electrons. The second-order valence-corrected chi connectivity index (χ2v) is 8.17. The van der Waals surface area contributed by atoms with Crippen molar-refractivity contribution in [1.82, 2.24) is 19.5 Å². The van der Waals surface area contributed by atoms with Crippen molar-refractivity contribution in [3.8, 4) is 11.5 Å². The highest BCUT2D eigenvalue weighted by molar-refractivity contribution is 7.17. The molecule has 10 nitrogen and oxygen atoms in total. The van der Waals surface area contributed by atoms with E-state index in [4.69, 9.17) is 9.47 Å². The van der Waals surface area contributed by atoms with Gasteiger partial charge in [-0.25, -0.2) is 15.0 Å². The average molecular weight is 480 g/mol. The minimum absolute atomic E-state index is 0.311. The molecule has 176 valence electrons. The zero-order chi connectivity index (χ0) is 23.8. The number of benzene rings is 1. The lowest BCUT2D eigenvalue weighted by molar-refractivity contribution is 0.102. The van der Waals surface area contributed by atoms with E-state index in [1.165, 1.54) is 31.8 Å². The average Bonchev–Trinajstić information content (AvgIpc) is 3.55. The summed E-state index contributed by atoms with van der Waals surface area (Å²) >= 11 is 1.22. The summed E-state index contributed by atoms with van der Waals surface area (Å²) in [6.07, 6.45) is 7.98. The van der Waals surface area contributed by atoms with Crippen LogP contribution in [0.2, 0.25) is 0 Å². The van der Waals surface area contributed by atoms with Crippen molar-refractivity contribution in [2.75, 3.05) is 36.7 Å². The summed E-state index contributed by atoms with van der Waals surface area (Å²) < 4.78 is 12.7. The summed E-state index contributed by atoms with van der Waals surface area (Å²) in [5.41, 5.74) is 0.467. The molecule has 3 N–H and O–H groups in total. The molecule has 4 rings (SSSR count). The Morgan fingerprint density at radius 2 is 1.85 bits per heavy atom. The van der Waals surface area contributed by atoms with Gasteiger partial charge in [0, 0.05) is 25.5 Å². The van der Waals surface area contributed by atoms with Crippen LogP contribution in [0.25, 0.3) is 0 Å². The first-order valence-electron chi connectivity index (χ1n) is 10.6. The Labute approximate surface area is 201 Å². The Bertz CT molecular complexity index is 1200. The number of methoxy groups -OCH3 is 2. The molecule has 0 atom stereocenters. The first kappa shape index (κ1) is 23.1. The maximum Gasteiger partial charge on any atom is 0.267 e. The molecule has 0 spiro atoms. The maximum absolute atomic E-state index is 12.8. The largest absolute Gasteiger partial charge is 0.494 e. The predicted octanol–water partition coefficient (Wildman–Crippen LogP) is 4.25. The number of imidazole rings is 1. The highest BCUT2D eigenvalue weighted by atomic mass is 32.1. The number of amides is 1. The van der Waals surface area contributed by atoms with Gasteiger partial charge in [-0.3, -0.25) is 4.79 Å². The van der Waals surface area contributed by atoms with Crippen molar-refractivity contribution in [3.63, 3.8) is 0 Å². The van der Waals surface area contributed by atoms with E-state index in [1.54, 1.807) is 30.7 Å². The minimum Gasteiger partial charge on any atom is -0.494 e. The van der Waals surface area contributed by atoms with Gasteiger partial charge in [0.25, 0.3) is 5.91 Å². The number of hydrogen-bond acceptors (Lipinski definition) is 9. The van der Waals surface area contributed by atoms with Gasteiger partial charge in [-0.05, 0) is 30.7 Å². The molecule has 0 fully saturated rings. The molecule has 0 bridgehead atoms. The fourth-order valence-corrected chi connectivity index (χ4v) is 3.91. The first-order chi connectivity index (χ1) is 16.7. The van der Waals surface area contributed by atoms with E-state index in [2.05, 4.69) is 30.9 Å². The van der Waals surface area contributed by atoms with Gasteiger partial charge < -0.3 is 30.0 Å². The monoisotopic (exact) mass is 479 g/mol. The minimum atomic E-state index is -0.311. The van der Waals surface area contributed by atoms with E-state index >= 15 is 0 Å². The van der Waals surface area contributed by atoms with Crippen LogP contribution < -0.4 is 25.4 Å². The van der Waals surface area contributed by atoms with Crippen molar-refractivity contribution >= 4 is 39.7 Å². The molecule has 0 aliphatic rings. The molecule has 4 aromatic rings. The molecule has 1 aromatic carbocycles. The number of carbonyl (C=O) groups is 1. The van der Waals surface area contributed by atoms with Gasteiger partial charge in [-0.2, -0.15) is 0 Å². The Balaban J connectivity index is 1.35. The summed E-state index contributed by atoms with van der Waals surface area (Å²) in [5, 5.41) is 9.87. The van der Waals surface area contributed by atoms with E-state index in [9.17, 15) is 4.79 Å². The lowest BCUT2D eigenvalue weighted by Crippen LogP contribution is -2.12. The number of para-hydroxylation sites is 1. The number of aromatic nitrogens is 4. The lowest BCUT2D eigenvalue weighted by Gasteiger charge is -2.13. The predicted molar refractivity (Wildman–Crippen MR) is 132 cm³/mol. The number of rotatable bonds is 11. The third-order valence-electron chi connectivity index (χ3n) is 4.84. The van der Waals surface area contributed by atoms with Crippen LogP contribution in [-0.2, 0) is 6.54 Å². The molecular formula is C23H25N7O3S. The standard InChI is InChI=1S/C23H25N7O3S/c1-32-16-6-3-7-17(33-2)21(16)29-22(31)18-14-26-23(34-18)28-20-9-4-8-19(27-20)25-10-5-12-30-13-11-24-15-30/h3-4,6-9,11,13-15H,5,10,12H2,1-2H3,(H,29,31)(H2,25,26,27,28). The fourth-order valence-electron chi connectivity index (χ4n) is 3.20. The van der Waals surface area contributed by atoms with E-state index < -0.39 is 0 Å². The van der Waals surface area contributed by atoms with Gasteiger partial charge in [0.2, 0.25) is 0 Å². The van der Waals surface area contributed by atoms with Crippen LogP contribution >= 0.6 is 11.3 Å². The molecule has 0 aliphatic heterocycles. The number of aryl methyl sites for hydroxylation is 1. The molecule has 0 unspecified atom stereocenters. The molecular weight excluding hydrogens is 454 g/mol. The topological polar surface area (TPSA) is 115 Å². The van der Waals surface area contributed by atoms with Crippen LogP contribution in [0.3, 0.4) is 0 Å². The second kappa shape index (κ2) is 11.1. The first-order valence-corrected chi connectivity index (χ1v) is 11.4. The van der Waals surface area contributed by atoms with Crippen LogP contribution in [0.1, 0.15) is 16.1 Å². The molecule has 3 aromatic heterocycles. The van der Waals surface area contributed by atoms with Crippen molar-refractivity contribution in [2.24, 2.45) is 0 Å². The van der Waals surface area contributed by atoms with Gasteiger partial charge in [0.1, 0.15) is 33.7 Å². The zero-order valence-corrected chi connectivity index (χ0v) is 19.6. The Hall–Kier alpha value is -4.12. The SMILES string of the molecule is COc1cccc(OC)c1NC(=O)c1cnc(Nc2cccc(NCCCn3ccnc3)n2)s1. The van der Waals surface area contributed by atoms with E-state index in [-0.39, 0.29) is 5.91 Å². The van der Waals surface area contributed by atoms with E-state index in [0.29, 0.717) is 33.0 Å². The van der Waals surface area contributed by atoms with Crippen LogP contribution in [0.4, 0.5) is 22.5 Å². The smallest absolute Gasteiger partial charge is 0.267 e. The van der Waals surface area contributed by atoms with Gasteiger partial charge >= 0.3 is 0 Å². The molecule has 0 saturated carbocycles. The third-order valence-corrected chi connectivity index (χ3v) is 5.75. The summed E-state index contributed by atoms with van der Waals surface area (Å²) in [6.45, 7) is 1.66. The number of ether oxygens (including phenoxy) is 2. The zero-order valence-electron chi connectivity index (χ0n) is 18.8. The molecule has 11 heteroatoms. The third kappa shape index (κ3) is 5.81. The fraction of sp³-hybridized carbons (Fsp3) is 0.217. The molecule has 0 saturated heterocycles. The number of nitrogens with one attached hydrogen (secondary N) is 3. The van der Waals surface area contributed by atoms with Crippen molar-refractivity contribution in [1.29, 1.82) is 0 Å². The Kier molecular flexibility index (Phi) is 7.56. The number of pyridine rings is 1. The van der Waals surface area contributed by atoms with Gasteiger partial charge in [0.15, 0.2) is 5.13 Å². The maximum atomic E-state index is 12.8. The van der Waals surface area contributed by atoms with E-state index in [1.807, 2.05) is 29.0 Å². The number of nitrogens with zero attached hydrogens (tertiary/aromatic N) is 4. The summed E-state index contributed by atoms with van der Waals surface area (Å²) in [4.78, 5) is 26.1. The van der Waals surface area contributed by atoms with Gasteiger partial charge in [-0.15, -0.1) is 0 Å². The van der Waals surface area contributed by atoms with Crippen LogP contribution in [-0.4, -0.2) is 46.2 Å². The van der Waals surface area contributed by atoms with Crippen molar-refractivity contribution in [3.05, 3.63) is 66.2 Å². The molecule has 34 heavy (non-hydrogen) atoms. The number of hydrogen-bond donors (Lipinski definition) is 3. The van der Waals surface area contributed by atoms with Crippen LogP contribution in [0.5, 0.6) is 11.5 Å². The Morgan fingerprint density at radius 3 is 2.59 bits per heavy atom. The molecule has 3 heterocycles. The van der Waals surface area contributed by atoms with Crippen molar-refractivity contribution in [2.45, 2.75) is 13.0 Å². The second-order valence-electron chi connectivity index (χ2n) is 7.14. The Morgan fingerprint density at radius 1 is 1.09 bits per heavy atom. The van der Waals surface area contributed by atoms with E-state index in [0.717, 1.165) is 25.3 Å². The molecule has 1 amide bonds. The summed E-state index contributed by atoms with van der Waals surface area (Å²) in [7, 11) is 3.07. The summed E-state index contributed by atoms with van der Waals surface area (Å²) in [5.74, 6) is 2.10. The van der Waals surface area contributed by atoms with Gasteiger partial charge in [0.05, 0.1) is 26.7 Å². The summed E-state index contributed by atoms with van der Waals surface area (Å²) in [6, 6.07) is 11.0. The highest BCUT2D eigenvalue weighted by Gasteiger charge is 2.17. The number of thiazole rings is 1.